The van der Waals surface area contributed by atoms with E-state index in [1.807, 2.05) is 11.3 Å². The summed E-state index contributed by atoms with van der Waals surface area (Å²) in [7, 11) is 2.22. The van der Waals surface area contributed by atoms with Gasteiger partial charge in [-0.3, -0.25) is 4.90 Å². The van der Waals surface area contributed by atoms with E-state index in [9.17, 15) is 0 Å². The van der Waals surface area contributed by atoms with Crippen molar-refractivity contribution in [3.8, 4) is 0 Å². The molecule has 1 aromatic carbocycles. The van der Waals surface area contributed by atoms with Crippen LogP contribution in [0.1, 0.15) is 22.9 Å². The number of aryl methyl sites for hydroxylation is 1. The minimum absolute atomic E-state index is 0.582. The molecule has 0 aliphatic carbocycles. The maximum Gasteiger partial charge on any atom is 0.0445 e. The van der Waals surface area contributed by atoms with Gasteiger partial charge in [0, 0.05) is 37.1 Å². The van der Waals surface area contributed by atoms with Crippen LogP contribution in [-0.4, -0.2) is 43.0 Å². The van der Waals surface area contributed by atoms with Crippen molar-refractivity contribution in [1.82, 2.24) is 9.80 Å². The summed E-state index contributed by atoms with van der Waals surface area (Å²) in [4.78, 5) is 6.63. The topological polar surface area (TPSA) is 6.48 Å². The molecule has 1 aromatic heterocycles. The van der Waals surface area contributed by atoms with Gasteiger partial charge in [-0.05, 0) is 36.9 Å². The van der Waals surface area contributed by atoms with E-state index in [1.54, 1.807) is 0 Å². The van der Waals surface area contributed by atoms with E-state index in [0.717, 1.165) is 6.42 Å². The Morgan fingerprint density at radius 3 is 2.43 bits per heavy atom. The number of likely N-dealkylation sites (N-methyl/N-ethyl adjacent to an activating group) is 1. The van der Waals surface area contributed by atoms with Gasteiger partial charge in [0.15, 0.2) is 0 Å². The fourth-order valence-electron chi connectivity index (χ4n) is 3.07. The minimum atomic E-state index is 0.582. The highest BCUT2D eigenvalue weighted by atomic mass is 32.1. The van der Waals surface area contributed by atoms with Gasteiger partial charge in [-0.2, -0.15) is 0 Å². The quantitative estimate of drug-likeness (QED) is 0.831. The Balaban J connectivity index is 1.68. The van der Waals surface area contributed by atoms with Crippen LogP contribution in [0, 0.1) is 0 Å². The smallest absolute Gasteiger partial charge is 0.0445 e. The van der Waals surface area contributed by atoms with Crippen LogP contribution in [0.25, 0.3) is 0 Å². The lowest BCUT2D eigenvalue weighted by Gasteiger charge is -2.37. The Hall–Kier alpha value is -1.16. The van der Waals surface area contributed by atoms with Gasteiger partial charge in [0.2, 0.25) is 0 Å². The number of thiophene rings is 1. The molecule has 1 aliphatic rings. The van der Waals surface area contributed by atoms with E-state index >= 15 is 0 Å². The molecule has 2 aromatic rings. The molecule has 112 valence electrons. The molecular weight excluding hydrogens is 276 g/mol. The summed E-state index contributed by atoms with van der Waals surface area (Å²) < 4.78 is 0. The lowest BCUT2D eigenvalue weighted by Crippen LogP contribution is -2.45. The van der Waals surface area contributed by atoms with Gasteiger partial charge >= 0.3 is 0 Å². The Morgan fingerprint density at radius 1 is 1.00 bits per heavy atom. The third-order valence-electron chi connectivity index (χ3n) is 4.40. The summed E-state index contributed by atoms with van der Waals surface area (Å²) in [6, 6.07) is 15.9. The van der Waals surface area contributed by atoms with Crippen LogP contribution in [0.2, 0.25) is 0 Å². The van der Waals surface area contributed by atoms with Crippen LogP contribution < -0.4 is 0 Å². The van der Waals surface area contributed by atoms with Gasteiger partial charge in [-0.25, -0.2) is 0 Å². The van der Waals surface area contributed by atoms with Gasteiger partial charge in [0.1, 0.15) is 0 Å². The van der Waals surface area contributed by atoms with E-state index < -0.39 is 0 Å². The van der Waals surface area contributed by atoms with Crippen molar-refractivity contribution in [2.45, 2.75) is 18.9 Å². The number of nitrogens with zero attached hydrogens (tertiary/aromatic N) is 2. The molecule has 1 aliphatic heterocycles. The molecule has 2 heterocycles. The molecule has 1 atom stereocenters. The van der Waals surface area contributed by atoms with E-state index in [0.29, 0.717) is 6.04 Å². The van der Waals surface area contributed by atoms with Crippen molar-refractivity contribution >= 4 is 11.3 Å². The second-order valence-electron chi connectivity index (χ2n) is 5.89. The highest BCUT2D eigenvalue weighted by Crippen LogP contribution is 2.30. The maximum atomic E-state index is 2.68. The predicted molar refractivity (Wildman–Crippen MR) is 90.9 cm³/mol. The van der Waals surface area contributed by atoms with Crippen molar-refractivity contribution in [3.63, 3.8) is 0 Å². The third kappa shape index (κ3) is 3.94. The standard InChI is InChI=1S/C18H24N2S/c1-19-11-13-20(14-12-19)17(18-8-5-15-21-18)10-9-16-6-3-2-4-7-16/h2-8,15,17H,9-14H2,1H3. The number of hydrogen-bond acceptors (Lipinski definition) is 3. The highest BCUT2D eigenvalue weighted by Gasteiger charge is 2.24. The zero-order valence-electron chi connectivity index (χ0n) is 12.7. The Bertz CT molecular complexity index is 515. The Kier molecular flexibility index (Phi) is 5.07. The van der Waals surface area contributed by atoms with E-state index in [2.05, 4.69) is 64.7 Å². The second-order valence-corrected chi connectivity index (χ2v) is 6.87. The first-order chi connectivity index (χ1) is 10.3. The Labute approximate surface area is 132 Å². The molecule has 21 heavy (non-hydrogen) atoms. The summed E-state index contributed by atoms with van der Waals surface area (Å²) in [6.45, 7) is 4.75. The van der Waals surface area contributed by atoms with Crippen molar-refractivity contribution < 1.29 is 0 Å². The minimum Gasteiger partial charge on any atom is -0.304 e. The summed E-state index contributed by atoms with van der Waals surface area (Å²) in [6.07, 6.45) is 2.38. The van der Waals surface area contributed by atoms with Gasteiger partial charge in [-0.15, -0.1) is 11.3 Å². The normalized spacial score (nSPS) is 18.7. The molecule has 0 N–H and O–H groups in total. The molecule has 1 saturated heterocycles. The first-order valence-electron chi connectivity index (χ1n) is 7.83. The fourth-order valence-corrected chi connectivity index (χ4v) is 3.96. The van der Waals surface area contributed by atoms with E-state index in [-0.39, 0.29) is 0 Å². The van der Waals surface area contributed by atoms with Crippen LogP contribution in [0.4, 0.5) is 0 Å². The molecule has 1 fully saturated rings. The number of hydrogen-bond donors (Lipinski definition) is 0. The molecule has 3 heteroatoms. The maximum absolute atomic E-state index is 2.68. The predicted octanol–water partition coefficient (Wildman–Crippen LogP) is 3.67. The van der Waals surface area contributed by atoms with Crippen LogP contribution in [0.5, 0.6) is 0 Å². The number of rotatable bonds is 5. The van der Waals surface area contributed by atoms with Crippen LogP contribution in [-0.2, 0) is 6.42 Å². The molecular formula is C18H24N2S. The lowest BCUT2D eigenvalue weighted by molar-refractivity contribution is 0.108. The molecule has 0 spiro atoms. The summed E-state index contributed by atoms with van der Waals surface area (Å²) in [5, 5.41) is 2.21. The van der Waals surface area contributed by atoms with E-state index in [1.165, 1.54) is 43.0 Å². The Morgan fingerprint density at radius 2 is 1.76 bits per heavy atom. The number of benzene rings is 1. The van der Waals surface area contributed by atoms with Crippen molar-refractivity contribution in [3.05, 3.63) is 58.3 Å². The average Bonchev–Trinajstić information content (AvgIpc) is 3.04. The van der Waals surface area contributed by atoms with Crippen LogP contribution >= 0.6 is 11.3 Å². The average molecular weight is 300 g/mol. The zero-order valence-corrected chi connectivity index (χ0v) is 13.6. The molecule has 0 radical (unpaired) electrons. The zero-order chi connectivity index (χ0) is 14.5. The van der Waals surface area contributed by atoms with Crippen molar-refractivity contribution in [2.24, 2.45) is 0 Å². The lowest BCUT2D eigenvalue weighted by atomic mass is 10.0. The molecule has 3 rings (SSSR count). The van der Waals surface area contributed by atoms with Crippen molar-refractivity contribution in [2.75, 3.05) is 33.2 Å². The monoisotopic (exact) mass is 300 g/mol. The summed E-state index contributed by atoms with van der Waals surface area (Å²) in [5.41, 5.74) is 1.45. The molecule has 0 bridgehead atoms. The van der Waals surface area contributed by atoms with Crippen LogP contribution in [0.15, 0.2) is 47.8 Å². The van der Waals surface area contributed by atoms with Gasteiger partial charge in [0.25, 0.3) is 0 Å². The molecule has 1 unspecified atom stereocenters. The summed E-state index contributed by atoms with van der Waals surface area (Å²) in [5.74, 6) is 0. The largest absolute Gasteiger partial charge is 0.304 e. The molecule has 0 saturated carbocycles. The SMILES string of the molecule is CN1CCN(C(CCc2ccccc2)c2cccs2)CC1. The number of piperazine rings is 1. The molecule has 2 nitrogen and oxygen atoms in total. The first kappa shape index (κ1) is 14.8. The van der Waals surface area contributed by atoms with Gasteiger partial charge in [0.05, 0.1) is 0 Å². The van der Waals surface area contributed by atoms with Gasteiger partial charge in [-0.1, -0.05) is 36.4 Å². The fraction of sp³-hybridized carbons (Fsp3) is 0.444. The summed E-state index contributed by atoms with van der Waals surface area (Å²) >= 11 is 1.91. The van der Waals surface area contributed by atoms with Crippen molar-refractivity contribution in [1.29, 1.82) is 0 Å². The highest BCUT2D eigenvalue weighted by molar-refractivity contribution is 7.10. The first-order valence-corrected chi connectivity index (χ1v) is 8.71. The van der Waals surface area contributed by atoms with Crippen LogP contribution in [0.3, 0.4) is 0 Å². The molecule has 0 amide bonds. The third-order valence-corrected chi connectivity index (χ3v) is 5.37. The van der Waals surface area contributed by atoms with Gasteiger partial charge < -0.3 is 4.90 Å². The second kappa shape index (κ2) is 7.21. The van der Waals surface area contributed by atoms with E-state index in [4.69, 9.17) is 0 Å².